The van der Waals surface area contributed by atoms with Crippen molar-refractivity contribution in [1.29, 1.82) is 0 Å². The number of ketones is 4. The Morgan fingerprint density at radius 1 is 1.00 bits per heavy atom. The fourth-order valence-electron chi connectivity index (χ4n) is 9.48. The van der Waals surface area contributed by atoms with Crippen LogP contribution in [0.15, 0.2) is 11.6 Å². The zero-order valence-electron chi connectivity index (χ0n) is 23.1. The number of aliphatic hydroxyl groups is 1. The van der Waals surface area contributed by atoms with Gasteiger partial charge in [-0.1, -0.05) is 39.3 Å². The number of hydrogen-bond acceptors (Lipinski definition) is 6. The van der Waals surface area contributed by atoms with E-state index in [-0.39, 0.29) is 71.2 Å². The molecule has 1 aliphatic heterocycles. The number of Topliss-reactive ketones (excluding diaryl/α,β-unsaturated/α-hetero) is 4. The predicted octanol–water partition coefficient (Wildman–Crippen LogP) is 4.26. The van der Waals surface area contributed by atoms with E-state index in [1.54, 1.807) is 13.8 Å². The molecule has 5 rings (SSSR count). The van der Waals surface area contributed by atoms with Crippen molar-refractivity contribution in [3.8, 4) is 0 Å². The SMILES string of the molecule is C[C@@H]1C(=O)C[C@@H](C(C)(C)O)O[C@@H]2C[C@@]3(C)[C@@H]4CC=C5[C@@H](CC(=O)C(=O)C5(C)C)[C@]4(C)C(=O)C[C@]3(C)[C@@H]12. The monoisotopic (exact) mass is 498 g/mol. The van der Waals surface area contributed by atoms with Crippen molar-refractivity contribution >= 4 is 23.1 Å². The lowest BCUT2D eigenvalue weighted by Gasteiger charge is -2.63. The number of hydrogen-bond donors (Lipinski definition) is 1. The zero-order chi connectivity index (χ0) is 26.8. The number of fused-ring (bicyclic) bond motifs is 7. The minimum atomic E-state index is -1.15. The summed E-state index contributed by atoms with van der Waals surface area (Å²) in [4.78, 5) is 53.2. The van der Waals surface area contributed by atoms with Gasteiger partial charge in [0.25, 0.3) is 0 Å². The molecule has 0 aromatic heterocycles. The predicted molar refractivity (Wildman–Crippen MR) is 134 cm³/mol. The maximum Gasteiger partial charge on any atom is 0.207 e. The van der Waals surface area contributed by atoms with Crippen LogP contribution in [0.1, 0.15) is 87.5 Å². The summed E-state index contributed by atoms with van der Waals surface area (Å²) in [6.07, 6.45) is 3.31. The molecule has 0 aromatic carbocycles. The number of carbonyl (C=O) groups excluding carboxylic acids is 4. The molecule has 1 saturated heterocycles. The van der Waals surface area contributed by atoms with Gasteiger partial charge in [-0.15, -0.1) is 0 Å². The lowest BCUT2D eigenvalue weighted by atomic mass is 9.38. The summed E-state index contributed by atoms with van der Waals surface area (Å²) in [6, 6.07) is 0. The molecule has 0 aromatic rings. The van der Waals surface area contributed by atoms with E-state index in [4.69, 9.17) is 4.74 Å². The fraction of sp³-hybridized carbons (Fsp3) is 0.800. The molecule has 5 aliphatic rings. The highest BCUT2D eigenvalue weighted by molar-refractivity contribution is 6.40. The van der Waals surface area contributed by atoms with Gasteiger partial charge in [0.05, 0.1) is 23.2 Å². The van der Waals surface area contributed by atoms with Gasteiger partial charge >= 0.3 is 0 Å². The van der Waals surface area contributed by atoms with Crippen molar-refractivity contribution in [2.24, 2.45) is 45.3 Å². The molecule has 36 heavy (non-hydrogen) atoms. The van der Waals surface area contributed by atoms with Crippen molar-refractivity contribution in [3.63, 3.8) is 0 Å². The van der Waals surface area contributed by atoms with Gasteiger partial charge in [-0.05, 0) is 57.3 Å². The Morgan fingerprint density at radius 3 is 2.25 bits per heavy atom. The third-order valence-corrected chi connectivity index (χ3v) is 11.9. The number of rotatable bonds is 1. The molecule has 0 radical (unpaired) electrons. The van der Waals surface area contributed by atoms with E-state index in [9.17, 15) is 24.3 Å². The first kappa shape index (κ1) is 26.0. The summed E-state index contributed by atoms with van der Waals surface area (Å²) in [5, 5.41) is 10.8. The summed E-state index contributed by atoms with van der Waals surface area (Å²) in [6.45, 7) is 15.5. The third kappa shape index (κ3) is 3.03. The molecule has 9 atom stereocenters. The highest BCUT2D eigenvalue weighted by atomic mass is 16.5. The van der Waals surface area contributed by atoms with Crippen molar-refractivity contribution < 1.29 is 29.0 Å². The van der Waals surface area contributed by atoms with Gasteiger partial charge in [0.1, 0.15) is 11.6 Å². The molecule has 0 amide bonds. The van der Waals surface area contributed by atoms with Gasteiger partial charge in [-0.3, -0.25) is 19.2 Å². The summed E-state index contributed by atoms with van der Waals surface area (Å²) in [7, 11) is 0. The minimum Gasteiger partial charge on any atom is -0.388 e. The summed E-state index contributed by atoms with van der Waals surface area (Å²) in [5.41, 5.74) is -2.59. The smallest absolute Gasteiger partial charge is 0.207 e. The number of carbonyl (C=O) groups is 4. The molecule has 0 spiro atoms. The van der Waals surface area contributed by atoms with Crippen LogP contribution in [0.5, 0.6) is 0 Å². The third-order valence-electron chi connectivity index (χ3n) is 11.9. The zero-order valence-corrected chi connectivity index (χ0v) is 23.1. The quantitative estimate of drug-likeness (QED) is 0.428. The van der Waals surface area contributed by atoms with Gasteiger partial charge in [-0.25, -0.2) is 0 Å². The lowest BCUT2D eigenvalue weighted by molar-refractivity contribution is -0.172. The van der Waals surface area contributed by atoms with Crippen molar-refractivity contribution in [2.75, 3.05) is 0 Å². The topological polar surface area (TPSA) is 97.7 Å². The van der Waals surface area contributed by atoms with Gasteiger partial charge in [0.15, 0.2) is 5.78 Å². The van der Waals surface area contributed by atoms with Crippen LogP contribution in [0.2, 0.25) is 0 Å². The van der Waals surface area contributed by atoms with E-state index in [2.05, 4.69) is 19.9 Å². The Labute approximate surface area is 214 Å². The van der Waals surface area contributed by atoms with E-state index in [1.807, 2.05) is 27.7 Å². The van der Waals surface area contributed by atoms with Crippen molar-refractivity contribution in [1.82, 2.24) is 0 Å². The Balaban J connectivity index is 1.62. The summed E-state index contributed by atoms with van der Waals surface area (Å²) < 4.78 is 6.59. The largest absolute Gasteiger partial charge is 0.388 e. The molecule has 6 nitrogen and oxygen atoms in total. The second-order valence-electron chi connectivity index (χ2n) is 14.3. The van der Waals surface area contributed by atoms with Crippen LogP contribution in [0.25, 0.3) is 0 Å². The van der Waals surface area contributed by atoms with Crippen molar-refractivity contribution in [2.45, 2.75) is 105 Å². The van der Waals surface area contributed by atoms with Crippen LogP contribution >= 0.6 is 0 Å². The highest BCUT2D eigenvalue weighted by Crippen LogP contribution is 2.74. The molecule has 1 N–H and O–H groups in total. The Hall–Kier alpha value is -1.66. The molecule has 1 heterocycles. The first-order valence-corrected chi connectivity index (χ1v) is 13.6. The first-order valence-electron chi connectivity index (χ1n) is 13.6. The Bertz CT molecular complexity index is 1090. The second-order valence-corrected chi connectivity index (χ2v) is 14.3. The van der Waals surface area contributed by atoms with Crippen LogP contribution in [-0.4, -0.2) is 46.0 Å². The highest BCUT2D eigenvalue weighted by Gasteiger charge is 2.73. The molecule has 4 aliphatic carbocycles. The van der Waals surface area contributed by atoms with Gasteiger partial charge < -0.3 is 9.84 Å². The van der Waals surface area contributed by atoms with E-state index >= 15 is 0 Å². The normalized spacial score (nSPS) is 48.4. The summed E-state index contributed by atoms with van der Waals surface area (Å²) in [5.74, 6) is -1.19. The molecule has 4 fully saturated rings. The first-order chi connectivity index (χ1) is 16.4. The molecule has 0 unspecified atom stereocenters. The Kier molecular flexibility index (Phi) is 5.39. The van der Waals surface area contributed by atoms with Crippen LogP contribution in [0.4, 0.5) is 0 Å². The molecule has 0 bridgehead atoms. The van der Waals surface area contributed by atoms with E-state index < -0.39 is 27.9 Å². The molecular formula is C30H42O6. The molecule has 6 heteroatoms. The maximum atomic E-state index is 14.3. The van der Waals surface area contributed by atoms with E-state index in [1.165, 1.54) is 0 Å². The van der Waals surface area contributed by atoms with Gasteiger partial charge in [0, 0.05) is 42.4 Å². The van der Waals surface area contributed by atoms with E-state index in [0.29, 0.717) is 19.3 Å². The van der Waals surface area contributed by atoms with Crippen LogP contribution in [0.3, 0.4) is 0 Å². The van der Waals surface area contributed by atoms with Crippen LogP contribution in [-0.2, 0) is 23.9 Å². The van der Waals surface area contributed by atoms with Gasteiger partial charge in [-0.2, -0.15) is 0 Å². The fourth-order valence-corrected chi connectivity index (χ4v) is 9.48. The average molecular weight is 499 g/mol. The number of ether oxygens (including phenoxy) is 1. The maximum absolute atomic E-state index is 14.3. The van der Waals surface area contributed by atoms with Gasteiger partial charge in [0.2, 0.25) is 5.78 Å². The molecule has 198 valence electrons. The molecule has 3 saturated carbocycles. The second kappa shape index (κ2) is 7.47. The Morgan fingerprint density at radius 2 is 1.64 bits per heavy atom. The van der Waals surface area contributed by atoms with Crippen LogP contribution in [0, 0.1) is 45.3 Å². The van der Waals surface area contributed by atoms with Crippen molar-refractivity contribution in [3.05, 3.63) is 11.6 Å². The minimum absolute atomic E-state index is 0.0276. The lowest BCUT2D eigenvalue weighted by Crippen LogP contribution is -2.63. The standard InChI is InChI=1S/C30H42O6/c1-15-18(31)12-23(27(4,5)35)36-20-13-28(6)21-10-9-16-17(11-19(32)25(34)26(16,2)3)30(21,8)22(33)14-29(28,7)24(15)20/h9,15,17,20-21,23-24,35H,10-14H2,1-8H3/t15-,17-,20-,21+,23+,24+,28+,29-,30+/m1/s1. The average Bonchev–Trinajstić information content (AvgIpc) is 2.88. The van der Waals surface area contributed by atoms with Crippen LogP contribution < -0.4 is 0 Å². The molecular weight excluding hydrogens is 456 g/mol. The van der Waals surface area contributed by atoms with E-state index in [0.717, 1.165) is 5.57 Å². The number of allylic oxidation sites excluding steroid dienone is 2. The summed E-state index contributed by atoms with van der Waals surface area (Å²) >= 11 is 0.